The summed E-state index contributed by atoms with van der Waals surface area (Å²) in [6, 6.07) is 6.32. The molecule has 0 radical (unpaired) electrons. The number of rotatable bonds is 0. The van der Waals surface area contributed by atoms with Crippen LogP contribution in [0.25, 0.3) is 0 Å². The number of amides is 1. The van der Waals surface area contributed by atoms with Gasteiger partial charge in [-0.05, 0) is 31.4 Å². The Balaban J connectivity index is 2.43. The summed E-state index contributed by atoms with van der Waals surface area (Å²) in [4.78, 5) is 12.3. The smallest absolute Gasteiger partial charge is 0.302 e. The van der Waals surface area contributed by atoms with Gasteiger partial charge in [-0.3, -0.25) is 4.79 Å². The van der Waals surface area contributed by atoms with Crippen LogP contribution in [0.2, 0.25) is 0 Å². The number of halogens is 3. The Hall–Kier alpha value is -1.52. The van der Waals surface area contributed by atoms with Crippen molar-refractivity contribution in [3.8, 4) is 0 Å². The Morgan fingerprint density at radius 1 is 1.35 bits per heavy atom. The zero-order valence-electron chi connectivity index (χ0n) is 9.29. The molecule has 0 aliphatic carbocycles. The summed E-state index contributed by atoms with van der Waals surface area (Å²) in [5.74, 6) is -1.78. The molecule has 1 atom stereocenters. The van der Waals surface area contributed by atoms with Crippen molar-refractivity contribution in [3.63, 3.8) is 0 Å². The number of aryl methyl sites for hydroxylation is 1. The predicted octanol–water partition coefficient (Wildman–Crippen LogP) is 2.92. The van der Waals surface area contributed by atoms with Gasteiger partial charge in [0, 0.05) is 11.7 Å². The fourth-order valence-corrected chi connectivity index (χ4v) is 2.13. The average Bonchev–Trinajstić information content (AvgIpc) is 2.27. The van der Waals surface area contributed by atoms with Crippen molar-refractivity contribution in [1.29, 1.82) is 0 Å². The van der Waals surface area contributed by atoms with Crippen LogP contribution in [-0.2, 0) is 11.2 Å². The highest BCUT2D eigenvalue weighted by molar-refractivity contribution is 5.98. The third-order valence-corrected chi connectivity index (χ3v) is 2.98. The van der Waals surface area contributed by atoms with Crippen molar-refractivity contribution >= 4 is 11.6 Å². The number of hydrogen-bond acceptors (Lipinski definition) is 1. The molecule has 0 fully saturated rings. The molecular weight excluding hydrogens is 231 g/mol. The van der Waals surface area contributed by atoms with Gasteiger partial charge >= 0.3 is 12.1 Å². The van der Waals surface area contributed by atoms with Crippen LogP contribution < -0.4 is 4.90 Å². The van der Waals surface area contributed by atoms with E-state index >= 15 is 0 Å². The number of hydrogen-bond donors (Lipinski definition) is 0. The maximum absolute atomic E-state index is 12.5. The minimum atomic E-state index is -4.82. The lowest BCUT2D eigenvalue weighted by molar-refractivity contribution is -0.171. The highest BCUT2D eigenvalue weighted by Gasteiger charge is 2.45. The van der Waals surface area contributed by atoms with Gasteiger partial charge in [0.1, 0.15) is 0 Å². The Kier molecular flexibility index (Phi) is 2.85. The molecule has 2 rings (SSSR count). The Labute approximate surface area is 97.0 Å². The molecule has 1 heterocycles. The monoisotopic (exact) mass is 243 g/mol. The van der Waals surface area contributed by atoms with Gasteiger partial charge in [-0.25, -0.2) is 0 Å². The first kappa shape index (κ1) is 12.0. The number of alkyl halides is 3. The van der Waals surface area contributed by atoms with E-state index in [1.807, 2.05) is 0 Å². The molecule has 0 aromatic heterocycles. The number of benzene rings is 1. The van der Waals surface area contributed by atoms with E-state index in [2.05, 4.69) is 0 Å². The standard InChI is InChI=1S/C12H12F3NO/c1-8-6-7-9-4-2-3-5-10(9)16(8)11(17)12(13,14)15/h2-5,8H,6-7H2,1H3. The van der Waals surface area contributed by atoms with Gasteiger partial charge in [-0.15, -0.1) is 0 Å². The van der Waals surface area contributed by atoms with Crippen LogP contribution in [0, 0.1) is 0 Å². The SMILES string of the molecule is CC1CCc2ccccc2N1C(=O)C(F)(F)F. The molecule has 2 nitrogen and oxygen atoms in total. The van der Waals surface area contributed by atoms with Crippen molar-refractivity contribution in [2.75, 3.05) is 4.90 Å². The summed E-state index contributed by atoms with van der Waals surface area (Å²) in [7, 11) is 0. The lowest BCUT2D eigenvalue weighted by atomic mass is 9.96. The summed E-state index contributed by atoms with van der Waals surface area (Å²) in [6.45, 7) is 1.64. The van der Waals surface area contributed by atoms with E-state index in [4.69, 9.17) is 0 Å². The van der Waals surface area contributed by atoms with E-state index in [1.54, 1.807) is 31.2 Å². The molecule has 1 aromatic rings. The second-order valence-electron chi connectivity index (χ2n) is 4.19. The van der Waals surface area contributed by atoms with Crippen molar-refractivity contribution in [1.82, 2.24) is 0 Å². The normalized spacial score (nSPS) is 20.0. The lowest BCUT2D eigenvalue weighted by Gasteiger charge is -2.35. The number of carbonyl (C=O) groups is 1. The van der Waals surface area contributed by atoms with E-state index in [1.165, 1.54) is 0 Å². The first-order valence-corrected chi connectivity index (χ1v) is 5.39. The van der Waals surface area contributed by atoms with Gasteiger partial charge < -0.3 is 4.90 Å². The molecule has 1 unspecified atom stereocenters. The van der Waals surface area contributed by atoms with E-state index < -0.39 is 18.1 Å². The first-order valence-electron chi connectivity index (χ1n) is 5.39. The van der Waals surface area contributed by atoms with Gasteiger partial charge in [-0.2, -0.15) is 13.2 Å². The number of nitrogens with zero attached hydrogens (tertiary/aromatic N) is 1. The van der Waals surface area contributed by atoms with Crippen LogP contribution >= 0.6 is 0 Å². The van der Waals surface area contributed by atoms with Crippen molar-refractivity contribution in [3.05, 3.63) is 29.8 Å². The van der Waals surface area contributed by atoms with Gasteiger partial charge in [0.15, 0.2) is 0 Å². The quantitative estimate of drug-likeness (QED) is 0.686. The van der Waals surface area contributed by atoms with Crippen molar-refractivity contribution in [2.24, 2.45) is 0 Å². The third-order valence-electron chi connectivity index (χ3n) is 2.98. The summed E-state index contributed by atoms with van der Waals surface area (Å²) in [6.07, 6.45) is -3.56. The molecule has 1 aliphatic rings. The van der Waals surface area contributed by atoms with Crippen LogP contribution in [0.4, 0.5) is 18.9 Å². The molecule has 1 aromatic carbocycles. The third kappa shape index (κ3) is 2.14. The molecule has 0 saturated heterocycles. The van der Waals surface area contributed by atoms with Crippen LogP contribution in [0.5, 0.6) is 0 Å². The fraction of sp³-hybridized carbons (Fsp3) is 0.417. The Morgan fingerprint density at radius 3 is 2.65 bits per heavy atom. The molecule has 0 bridgehead atoms. The summed E-state index contributed by atoms with van der Waals surface area (Å²) >= 11 is 0. The molecule has 0 spiro atoms. The van der Waals surface area contributed by atoms with Gasteiger partial charge in [0.25, 0.3) is 0 Å². The van der Waals surface area contributed by atoms with E-state index in [0.717, 1.165) is 10.5 Å². The minimum Gasteiger partial charge on any atom is -0.302 e. The number of para-hydroxylation sites is 1. The highest BCUT2D eigenvalue weighted by atomic mass is 19.4. The van der Waals surface area contributed by atoms with E-state index in [-0.39, 0.29) is 0 Å². The number of fused-ring (bicyclic) bond motifs is 1. The van der Waals surface area contributed by atoms with Gasteiger partial charge in [0.05, 0.1) is 0 Å². The molecular formula is C12H12F3NO. The van der Waals surface area contributed by atoms with Gasteiger partial charge in [-0.1, -0.05) is 18.2 Å². The van der Waals surface area contributed by atoms with E-state index in [9.17, 15) is 18.0 Å². The minimum absolute atomic E-state index is 0.383. The zero-order chi connectivity index (χ0) is 12.6. The summed E-state index contributed by atoms with van der Waals surface area (Å²) in [5.41, 5.74) is 1.18. The molecule has 0 saturated carbocycles. The van der Waals surface area contributed by atoms with Crippen molar-refractivity contribution < 1.29 is 18.0 Å². The van der Waals surface area contributed by atoms with Crippen LogP contribution in [-0.4, -0.2) is 18.1 Å². The molecule has 1 amide bonds. The summed E-state index contributed by atoms with van der Waals surface area (Å²) < 4.78 is 37.5. The number of carbonyl (C=O) groups excluding carboxylic acids is 1. The van der Waals surface area contributed by atoms with Crippen LogP contribution in [0.15, 0.2) is 24.3 Å². The number of anilines is 1. The van der Waals surface area contributed by atoms with Crippen LogP contribution in [0.3, 0.4) is 0 Å². The van der Waals surface area contributed by atoms with E-state index in [0.29, 0.717) is 18.5 Å². The second-order valence-corrected chi connectivity index (χ2v) is 4.19. The summed E-state index contributed by atoms with van der Waals surface area (Å²) in [5, 5.41) is 0. The average molecular weight is 243 g/mol. The fourth-order valence-electron chi connectivity index (χ4n) is 2.13. The molecule has 17 heavy (non-hydrogen) atoms. The molecule has 5 heteroatoms. The highest BCUT2D eigenvalue weighted by Crippen LogP contribution is 2.33. The van der Waals surface area contributed by atoms with Gasteiger partial charge in [0.2, 0.25) is 0 Å². The largest absolute Gasteiger partial charge is 0.471 e. The maximum Gasteiger partial charge on any atom is 0.471 e. The van der Waals surface area contributed by atoms with Crippen LogP contribution in [0.1, 0.15) is 18.9 Å². The topological polar surface area (TPSA) is 20.3 Å². The Bertz CT molecular complexity index is 442. The van der Waals surface area contributed by atoms with Crippen molar-refractivity contribution in [2.45, 2.75) is 32.0 Å². The lowest BCUT2D eigenvalue weighted by Crippen LogP contribution is -2.48. The molecule has 1 aliphatic heterocycles. The first-order chi connectivity index (χ1) is 7.91. The Morgan fingerprint density at radius 2 is 2.00 bits per heavy atom. The molecule has 92 valence electrons. The zero-order valence-corrected chi connectivity index (χ0v) is 9.29. The maximum atomic E-state index is 12.5. The molecule has 0 N–H and O–H groups in total. The second kappa shape index (κ2) is 4.05. The predicted molar refractivity (Wildman–Crippen MR) is 57.8 cm³/mol.